The van der Waals surface area contributed by atoms with E-state index in [-0.39, 0.29) is 11.1 Å². The maximum absolute atomic E-state index is 10.8. The van der Waals surface area contributed by atoms with E-state index < -0.39 is 5.97 Å². The second-order valence-corrected chi connectivity index (χ2v) is 3.67. The van der Waals surface area contributed by atoms with E-state index in [1.165, 1.54) is 39.0 Å². The molecular weight excluding hydrogens is 300 g/mol. The molecular formula is C12H13ClN4O4. The molecule has 0 amide bonds. The van der Waals surface area contributed by atoms with Crippen LogP contribution in [-0.2, 0) is 4.74 Å². The van der Waals surface area contributed by atoms with Gasteiger partial charge >= 0.3 is 5.97 Å². The van der Waals surface area contributed by atoms with Crippen molar-refractivity contribution < 1.29 is 19.0 Å². The van der Waals surface area contributed by atoms with Gasteiger partial charge in [0, 0.05) is 0 Å². The van der Waals surface area contributed by atoms with Gasteiger partial charge in [0.1, 0.15) is 0 Å². The molecule has 0 N–H and O–H groups in total. The van der Waals surface area contributed by atoms with E-state index in [1.54, 1.807) is 7.11 Å². The molecule has 0 saturated heterocycles. The van der Waals surface area contributed by atoms with Crippen LogP contribution in [0.15, 0.2) is 24.8 Å². The summed E-state index contributed by atoms with van der Waals surface area (Å²) < 4.78 is 14.0. The predicted molar refractivity (Wildman–Crippen MR) is 73.5 cm³/mol. The largest absolute Gasteiger partial charge is 0.494 e. The van der Waals surface area contributed by atoms with Crippen molar-refractivity contribution in [3.05, 3.63) is 35.9 Å². The van der Waals surface area contributed by atoms with Gasteiger partial charge in [0.05, 0.1) is 46.1 Å². The van der Waals surface area contributed by atoms with E-state index in [9.17, 15) is 4.79 Å². The molecule has 0 aliphatic carbocycles. The molecule has 112 valence electrons. The molecule has 9 heteroatoms. The summed E-state index contributed by atoms with van der Waals surface area (Å²) in [5.41, 5.74) is 0. The first-order chi connectivity index (χ1) is 10.1. The molecule has 2 heterocycles. The molecule has 0 unspecified atom stereocenters. The number of aromatic nitrogens is 4. The molecule has 2 aromatic rings. The van der Waals surface area contributed by atoms with Crippen LogP contribution in [0.1, 0.15) is 10.6 Å². The van der Waals surface area contributed by atoms with E-state index in [1.807, 2.05) is 0 Å². The average Bonchev–Trinajstić information content (AvgIpc) is 2.55. The monoisotopic (exact) mass is 312 g/mol. The number of carbonyl (C=O) groups is 1. The Morgan fingerprint density at radius 1 is 0.905 bits per heavy atom. The average molecular weight is 313 g/mol. The fraction of sp³-hybridized carbons (Fsp3) is 0.250. The van der Waals surface area contributed by atoms with E-state index in [4.69, 9.17) is 21.1 Å². The van der Waals surface area contributed by atoms with Crippen LogP contribution in [0.2, 0.25) is 5.28 Å². The van der Waals surface area contributed by atoms with Crippen molar-refractivity contribution in [2.75, 3.05) is 21.3 Å². The van der Waals surface area contributed by atoms with Crippen molar-refractivity contribution in [1.29, 1.82) is 0 Å². The zero-order valence-electron chi connectivity index (χ0n) is 11.6. The normalized spacial score (nSPS) is 9.14. The third-order valence-electron chi connectivity index (χ3n) is 2.06. The first kappa shape index (κ1) is 16.6. The first-order valence-corrected chi connectivity index (χ1v) is 5.94. The Bertz CT molecular complexity index is 562. The minimum atomic E-state index is -0.558. The van der Waals surface area contributed by atoms with Gasteiger partial charge in [0.2, 0.25) is 11.1 Å². The van der Waals surface area contributed by atoms with Gasteiger partial charge in [-0.1, -0.05) is 0 Å². The van der Waals surface area contributed by atoms with Crippen LogP contribution in [0, 0.1) is 0 Å². The summed E-state index contributed by atoms with van der Waals surface area (Å²) in [4.78, 5) is 25.6. The van der Waals surface area contributed by atoms with Gasteiger partial charge in [0.25, 0.3) is 0 Å². The summed E-state index contributed by atoms with van der Waals surface area (Å²) in [5, 5.41) is 0.232. The summed E-state index contributed by atoms with van der Waals surface area (Å²) in [7, 11) is 4.32. The lowest BCUT2D eigenvalue weighted by molar-refractivity contribution is 0.0586. The standard InChI is InChI=1S/C7H8N2O3.C5H5ClN2O/c1-11-5-3-8-6(9-4-5)7(10)12-2;1-9-4-2-7-5(6)8-3-4/h3-4H,1-2H3;2-3H,1H3. The summed E-state index contributed by atoms with van der Waals surface area (Å²) >= 11 is 5.39. The third kappa shape index (κ3) is 5.57. The van der Waals surface area contributed by atoms with Crippen LogP contribution in [-0.4, -0.2) is 47.2 Å². The highest BCUT2D eigenvalue weighted by atomic mass is 35.5. The molecule has 2 rings (SSSR count). The Hall–Kier alpha value is -2.48. The lowest BCUT2D eigenvalue weighted by Crippen LogP contribution is -2.06. The van der Waals surface area contributed by atoms with Crippen LogP contribution in [0.25, 0.3) is 0 Å². The van der Waals surface area contributed by atoms with E-state index in [0.29, 0.717) is 11.5 Å². The van der Waals surface area contributed by atoms with Crippen LogP contribution >= 0.6 is 11.6 Å². The Kier molecular flexibility index (Phi) is 6.82. The molecule has 0 fully saturated rings. The zero-order valence-corrected chi connectivity index (χ0v) is 12.4. The summed E-state index contributed by atoms with van der Waals surface area (Å²) in [6.07, 6.45) is 5.82. The minimum absolute atomic E-state index is 0.0262. The lowest BCUT2D eigenvalue weighted by Gasteiger charge is -1.98. The van der Waals surface area contributed by atoms with Gasteiger partial charge in [-0.25, -0.2) is 24.7 Å². The molecule has 21 heavy (non-hydrogen) atoms. The molecule has 2 aromatic heterocycles. The SMILES string of the molecule is COC(=O)c1ncc(OC)cn1.COc1cnc(Cl)nc1. The molecule has 0 aromatic carbocycles. The maximum atomic E-state index is 10.8. The van der Waals surface area contributed by atoms with Crippen molar-refractivity contribution in [3.63, 3.8) is 0 Å². The molecule has 0 radical (unpaired) electrons. The van der Waals surface area contributed by atoms with Gasteiger partial charge in [-0.3, -0.25) is 0 Å². The second kappa shape index (κ2) is 8.64. The molecule has 0 bridgehead atoms. The second-order valence-electron chi connectivity index (χ2n) is 3.33. The molecule has 0 aliphatic heterocycles. The van der Waals surface area contributed by atoms with Crippen LogP contribution in [0.3, 0.4) is 0 Å². The van der Waals surface area contributed by atoms with Crippen molar-refractivity contribution in [1.82, 2.24) is 19.9 Å². The molecule has 0 saturated carbocycles. The number of ether oxygens (including phenoxy) is 3. The van der Waals surface area contributed by atoms with Crippen molar-refractivity contribution in [2.24, 2.45) is 0 Å². The van der Waals surface area contributed by atoms with E-state index in [2.05, 4.69) is 24.7 Å². The smallest absolute Gasteiger partial charge is 0.376 e. The highest BCUT2D eigenvalue weighted by Gasteiger charge is 2.07. The summed E-state index contributed by atoms with van der Waals surface area (Å²) in [6.45, 7) is 0. The van der Waals surface area contributed by atoms with Gasteiger partial charge < -0.3 is 14.2 Å². The first-order valence-electron chi connectivity index (χ1n) is 5.56. The number of halogens is 1. The number of hydrogen-bond acceptors (Lipinski definition) is 8. The fourth-order valence-corrected chi connectivity index (χ4v) is 1.12. The minimum Gasteiger partial charge on any atom is -0.494 e. The topological polar surface area (TPSA) is 96.3 Å². The number of nitrogens with zero attached hydrogens (tertiary/aromatic N) is 4. The van der Waals surface area contributed by atoms with E-state index in [0.717, 1.165) is 0 Å². The highest BCUT2D eigenvalue weighted by molar-refractivity contribution is 6.28. The maximum Gasteiger partial charge on any atom is 0.376 e. The number of hydrogen-bond donors (Lipinski definition) is 0. The van der Waals surface area contributed by atoms with Gasteiger partial charge in [-0.15, -0.1) is 0 Å². The van der Waals surface area contributed by atoms with Gasteiger partial charge in [-0.2, -0.15) is 0 Å². The van der Waals surface area contributed by atoms with Gasteiger partial charge in [-0.05, 0) is 11.6 Å². The van der Waals surface area contributed by atoms with Crippen LogP contribution in [0.5, 0.6) is 11.5 Å². The molecule has 0 aliphatic rings. The Morgan fingerprint density at radius 2 is 1.33 bits per heavy atom. The Morgan fingerprint density at radius 3 is 1.71 bits per heavy atom. The van der Waals surface area contributed by atoms with Gasteiger partial charge in [0.15, 0.2) is 11.5 Å². The van der Waals surface area contributed by atoms with E-state index >= 15 is 0 Å². The molecule has 8 nitrogen and oxygen atoms in total. The number of carbonyl (C=O) groups excluding carboxylic acids is 1. The van der Waals surface area contributed by atoms with Crippen LogP contribution < -0.4 is 9.47 Å². The van der Waals surface area contributed by atoms with Crippen molar-refractivity contribution >= 4 is 17.6 Å². The van der Waals surface area contributed by atoms with Crippen LogP contribution in [0.4, 0.5) is 0 Å². The third-order valence-corrected chi connectivity index (χ3v) is 2.26. The molecule has 0 atom stereocenters. The number of rotatable bonds is 3. The highest BCUT2D eigenvalue weighted by Crippen LogP contribution is 2.06. The lowest BCUT2D eigenvalue weighted by atomic mass is 10.5. The number of methoxy groups -OCH3 is 3. The summed E-state index contributed by atoms with van der Waals surface area (Å²) in [5.74, 6) is 0.581. The quantitative estimate of drug-likeness (QED) is 0.620. The molecule has 0 spiro atoms. The zero-order chi connectivity index (χ0) is 15.7. The Balaban J connectivity index is 0.000000219. The van der Waals surface area contributed by atoms with Crippen molar-refractivity contribution in [3.8, 4) is 11.5 Å². The number of esters is 1. The predicted octanol–water partition coefficient (Wildman–Crippen LogP) is 1.41. The Labute approximate surface area is 126 Å². The van der Waals surface area contributed by atoms with Crippen molar-refractivity contribution in [2.45, 2.75) is 0 Å². The fourth-order valence-electron chi connectivity index (χ4n) is 1.02. The summed E-state index contributed by atoms with van der Waals surface area (Å²) in [6, 6.07) is 0.